The molecule has 1 aromatic rings. The largest absolute Gasteiger partial charge is 0.311 e. The highest BCUT2D eigenvalue weighted by Crippen LogP contribution is 2.34. The molecule has 0 heterocycles. The van der Waals surface area contributed by atoms with Gasteiger partial charge in [-0.05, 0) is 62.7 Å². The van der Waals surface area contributed by atoms with Crippen molar-refractivity contribution in [2.75, 3.05) is 6.26 Å². The van der Waals surface area contributed by atoms with Crippen molar-refractivity contribution in [2.24, 2.45) is 0 Å². The van der Waals surface area contributed by atoms with Crippen LogP contribution in [0.25, 0.3) is 0 Å². The predicted octanol–water partition coefficient (Wildman–Crippen LogP) is 4.59. The standard InChI is InChI=1S/C18H27NS/c1-20-18-12-11-17(13-18)19-16-9-7-15(8-10-16)14-5-3-2-4-6-14/h2-6,15-19H,7-13H2,1H3. The second kappa shape index (κ2) is 7.00. The van der Waals surface area contributed by atoms with E-state index < -0.39 is 0 Å². The quantitative estimate of drug-likeness (QED) is 0.870. The maximum absolute atomic E-state index is 3.94. The molecule has 1 N–H and O–H groups in total. The molecule has 2 aliphatic carbocycles. The minimum atomic E-state index is 0.778. The van der Waals surface area contributed by atoms with Crippen molar-refractivity contribution < 1.29 is 0 Å². The van der Waals surface area contributed by atoms with E-state index >= 15 is 0 Å². The summed E-state index contributed by atoms with van der Waals surface area (Å²) >= 11 is 2.06. The van der Waals surface area contributed by atoms with Gasteiger partial charge in [0, 0.05) is 17.3 Å². The molecule has 2 heteroatoms. The molecule has 2 atom stereocenters. The molecule has 0 spiro atoms. The zero-order valence-electron chi connectivity index (χ0n) is 12.6. The van der Waals surface area contributed by atoms with Crippen molar-refractivity contribution in [1.29, 1.82) is 0 Å². The van der Waals surface area contributed by atoms with Crippen LogP contribution < -0.4 is 5.32 Å². The van der Waals surface area contributed by atoms with Gasteiger partial charge >= 0.3 is 0 Å². The molecule has 1 aromatic carbocycles. The maximum Gasteiger partial charge on any atom is 0.00805 e. The van der Waals surface area contributed by atoms with Crippen LogP contribution in [0, 0.1) is 0 Å². The summed E-state index contributed by atoms with van der Waals surface area (Å²) < 4.78 is 0. The number of benzene rings is 1. The first kappa shape index (κ1) is 14.5. The van der Waals surface area contributed by atoms with Crippen LogP contribution >= 0.6 is 11.8 Å². The van der Waals surface area contributed by atoms with Crippen LogP contribution in [0.4, 0.5) is 0 Å². The maximum atomic E-state index is 3.94. The van der Waals surface area contributed by atoms with Gasteiger partial charge in [-0.15, -0.1) is 0 Å². The van der Waals surface area contributed by atoms with Gasteiger partial charge in [0.25, 0.3) is 0 Å². The van der Waals surface area contributed by atoms with Gasteiger partial charge in [0.05, 0.1) is 0 Å². The van der Waals surface area contributed by atoms with Gasteiger partial charge in [-0.3, -0.25) is 0 Å². The van der Waals surface area contributed by atoms with Gasteiger partial charge in [-0.2, -0.15) is 11.8 Å². The van der Waals surface area contributed by atoms with Gasteiger partial charge < -0.3 is 5.32 Å². The second-order valence-electron chi connectivity index (χ2n) is 6.49. The molecule has 0 saturated heterocycles. The SMILES string of the molecule is CSC1CCC(NC2CCC(c3ccccc3)CC2)C1. The molecule has 110 valence electrons. The number of thioether (sulfide) groups is 1. The molecule has 3 rings (SSSR count). The monoisotopic (exact) mass is 289 g/mol. The molecule has 0 radical (unpaired) electrons. The van der Waals surface area contributed by atoms with Crippen molar-refractivity contribution in [1.82, 2.24) is 5.32 Å². The Morgan fingerprint density at radius 1 is 0.900 bits per heavy atom. The lowest BCUT2D eigenvalue weighted by molar-refractivity contribution is 0.314. The van der Waals surface area contributed by atoms with E-state index in [0.717, 1.165) is 23.3 Å². The molecule has 0 aliphatic heterocycles. The Morgan fingerprint density at radius 3 is 2.25 bits per heavy atom. The Morgan fingerprint density at radius 2 is 1.60 bits per heavy atom. The van der Waals surface area contributed by atoms with E-state index in [2.05, 4.69) is 53.7 Å². The Balaban J connectivity index is 1.45. The van der Waals surface area contributed by atoms with Crippen LogP contribution in [0.3, 0.4) is 0 Å². The van der Waals surface area contributed by atoms with Crippen molar-refractivity contribution in [2.45, 2.75) is 68.2 Å². The average Bonchev–Trinajstić information content (AvgIpc) is 2.97. The molecule has 0 amide bonds. The molecule has 0 aromatic heterocycles. The zero-order chi connectivity index (χ0) is 13.8. The Bertz CT molecular complexity index is 397. The molecule has 1 nitrogen and oxygen atoms in total. The number of hydrogen-bond acceptors (Lipinski definition) is 2. The summed E-state index contributed by atoms with van der Waals surface area (Å²) in [4.78, 5) is 0. The first-order valence-corrected chi connectivity index (χ1v) is 9.47. The highest BCUT2D eigenvalue weighted by Gasteiger charge is 2.28. The molecular weight excluding hydrogens is 262 g/mol. The zero-order valence-corrected chi connectivity index (χ0v) is 13.4. The minimum Gasteiger partial charge on any atom is -0.311 e. The molecule has 2 unspecified atom stereocenters. The van der Waals surface area contributed by atoms with Crippen molar-refractivity contribution >= 4 is 11.8 Å². The average molecular weight is 289 g/mol. The summed E-state index contributed by atoms with van der Waals surface area (Å²) in [6.07, 6.45) is 11.9. The fourth-order valence-corrected chi connectivity index (χ4v) is 4.75. The fourth-order valence-electron chi connectivity index (χ4n) is 3.96. The van der Waals surface area contributed by atoms with Gasteiger partial charge in [0.1, 0.15) is 0 Å². The topological polar surface area (TPSA) is 12.0 Å². The van der Waals surface area contributed by atoms with E-state index in [1.165, 1.54) is 44.9 Å². The summed E-state index contributed by atoms with van der Waals surface area (Å²) in [6, 6.07) is 12.7. The van der Waals surface area contributed by atoms with E-state index in [4.69, 9.17) is 0 Å². The van der Waals surface area contributed by atoms with E-state index in [1.807, 2.05) is 0 Å². The molecule has 2 fully saturated rings. The van der Waals surface area contributed by atoms with E-state index in [0.29, 0.717) is 0 Å². The third-order valence-corrected chi connectivity index (χ3v) is 6.28. The molecule has 0 bridgehead atoms. The summed E-state index contributed by atoms with van der Waals surface area (Å²) in [5.74, 6) is 0.803. The second-order valence-corrected chi connectivity index (χ2v) is 7.63. The van der Waals surface area contributed by atoms with Gasteiger partial charge in [-0.1, -0.05) is 30.3 Å². The van der Waals surface area contributed by atoms with Crippen LogP contribution in [0.5, 0.6) is 0 Å². The summed E-state index contributed by atoms with van der Waals surface area (Å²) in [6.45, 7) is 0. The van der Waals surface area contributed by atoms with Crippen LogP contribution in [-0.2, 0) is 0 Å². The minimum absolute atomic E-state index is 0.778. The first-order chi connectivity index (χ1) is 9.85. The van der Waals surface area contributed by atoms with Crippen LogP contribution in [-0.4, -0.2) is 23.6 Å². The van der Waals surface area contributed by atoms with Gasteiger partial charge in [0.2, 0.25) is 0 Å². The predicted molar refractivity (Wildman–Crippen MR) is 89.5 cm³/mol. The smallest absolute Gasteiger partial charge is 0.00805 e. The molecule has 2 saturated carbocycles. The lowest BCUT2D eigenvalue weighted by Crippen LogP contribution is -2.39. The number of rotatable bonds is 4. The highest BCUT2D eigenvalue weighted by atomic mass is 32.2. The fraction of sp³-hybridized carbons (Fsp3) is 0.667. The molecular formula is C18H27NS. The number of nitrogens with one attached hydrogen (secondary N) is 1. The van der Waals surface area contributed by atoms with Crippen LogP contribution in [0.2, 0.25) is 0 Å². The van der Waals surface area contributed by atoms with Crippen molar-refractivity contribution in [3.05, 3.63) is 35.9 Å². The Kier molecular flexibility index (Phi) is 5.06. The summed E-state index contributed by atoms with van der Waals surface area (Å²) in [5.41, 5.74) is 1.55. The van der Waals surface area contributed by atoms with Crippen LogP contribution in [0.15, 0.2) is 30.3 Å². The highest BCUT2D eigenvalue weighted by molar-refractivity contribution is 7.99. The van der Waals surface area contributed by atoms with E-state index in [1.54, 1.807) is 5.56 Å². The lowest BCUT2D eigenvalue weighted by Gasteiger charge is -2.31. The van der Waals surface area contributed by atoms with Gasteiger partial charge in [-0.25, -0.2) is 0 Å². The lowest BCUT2D eigenvalue weighted by atomic mass is 9.81. The van der Waals surface area contributed by atoms with Crippen molar-refractivity contribution in [3.63, 3.8) is 0 Å². The van der Waals surface area contributed by atoms with Gasteiger partial charge in [0.15, 0.2) is 0 Å². The van der Waals surface area contributed by atoms with E-state index in [9.17, 15) is 0 Å². The Hall–Kier alpha value is -0.470. The molecule has 2 aliphatic rings. The normalized spacial score (nSPS) is 34.2. The first-order valence-electron chi connectivity index (χ1n) is 8.19. The Labute approximate surface area is 127 Å². The summed E-state index contributed by atoms with van der Waals surface area (Å²) in [7, 11) is 0. The number of hydrogen-bond donors (Lipinski definition) is 1. The van der Waals surface area contributed by atoms with Crippen molar-refractivity contribution in [3.8, 4) is 0 Å². The third kappa shape index (κ3) is 3.59. The summed E-state index contributed by atoms with van der Waals surface area (Å²) in [5, 5.41) is 4.85. The third-order valence-electron chi connectivity index (χ3n) is 5.19. The van der Waals surface area contributed by atoms with Crippen LogP contribution in [0.1, 0.15) is 56.4 Å². The van der Waals surface area contributed by atoms with E-state index in [-0.39, 0.29) is 0 Å². The molecule has 20 heavy (non-hydrogen) atoms.